The minimum absolute atomic E-state index is 0.0577. The summed E-state index contributed by atoms with van der Waals surface area (Å²) >= 11 is 0. The molecule has 1 aliphatic rings. The van der Waals surface area contributed by atoms with E-state index in [1.54, 1.807) is 10.6 Å². The molecule has 0 saturated carbocycles. The van der Waals surface area contributed by atoms with Crippen molar-refractivity contribution in [1.29, 1.82) is 0 Å². The van der Waals surface area contributed by atoms with E-state index in [4.69, 9.17) is 0 Å². The third-order valence-corrected chi connectivity index (χ3v) is 14.9. The number of benzene rings is 2. The molecule has 0 radical (unpaired) electrons. The summed E-state index contributed by atoms with van der Waals surface area (Å²) < 4.78 is 0. The van der Waals surface area contributed by atoms with Crippen LogP contribution in [0.3, 0.4) is 0 Å². The van der Waals surface area contributed by atoms with E-state index in [9.17, 15) is 0 Å². The Morgan fingerprint density at radius 2 is 0.429 bits per heavy atom. The summed E-state index contributed by atoms with van der Waals surface area (Å²) in [6.45, 7) is 0. The van der Waals surface area contributed by atoms with E-state index in [1.165, 1.54) is 179 Å². The van der Waals surface area contributed by atoms with Crippen LogP contribution in [-0.2, 0) is 0 Å². The average Bonchev–Trinajstić information content (AvgIpc) is 3.03. The fourth-order valence-electron chi connectivity index (χ4n) is 6.76. The number of hydrogen-bond donors (Lipinski definition) is 0. The number of rotatable bonds is 2. The molecule has 1 fully saturated rings. The lowest BCUT2D eigenvalue weighted by Gasteiger charge is -2.18. The highest BCUT2D eigenvalue weighted by molar-refractivity contribution is 7.65. The van der Waals surface area contributed by atoms with E-state index in [0.29, 0.717) is 0 Å². The van der Waals surface area contributed by atoms with Gasteiger partial charge in [0, 0.05) is 0 Å². The minimum Gasteiger partial charge on any atom is -0.0753 e. The van der Waals surface area contributed by atoms with Crippen LogP contribution in [0.5, 0.6) is 0 Å². The van der Waals surface area contributed by atoms with Gasteiger partial charge in [0.05, 0.1) is 0 Å². The molecule has 42 heavy (non-hydrogen) atoms. The summed E-state index contributed by atoms with van der Waals surface area (Å²) in [5, 5.41) is 3.32. The van der Waals surface area contributed by atoms with Crippen molar-refractivity contribution in [3.63, 3.8) is 0 Å². The van der Waals surface area contributed by atoms with Gasteiger partial charge in [0.1, 0.15) is 0 Å². The molecule has 0 bridgehead atoms. The van der Waals surface area contributed by atoms with Crippen LogP contribution < -0.4 is 10.6 Å². The van der Waals surface area contributed by atoms with Crippen molar-refractivity contribution in [1.82, 2.24) is 0 Å². The van der Waals surface area contributed by atoms with Crippen LogP contribution in [0.15, 0.2) is 60.7 Å². The third kappa shape index (κ3) is 17.6. The molecule has 3 rings (SSSR count). The fourth-order valence-corrected chi connectivity index (χ4v) is 11.9. The van der Waals surface area contributed by atoms with Crippen LogP contribution in [0.25, 0.3) is 0 Å². The van der Waals surface area contributed by atoms with Crippen LogP contribution in [0, 0.1) is 0 Å². The Morgan fingerprint density at radius 1 is 0.238 bits per heavy atom. The molecule has 1 heterocycles. The van der Waals surface area contributed by atoms with Gasteiger partial charge in [0.2, 0.25) is 0 Å². The highest BCUT2D eigenvalue weighted by Gasteiger charge is 2.11. The highest BCUT2D eigenvalue weighted by atomic mass is 31.1. The summed E-state index contributed by atoms with van der Waals surface area (Å²) in [7, 11) is 0.115. The van der Waals surface area contributed by atoms with E-state index in [-0.39, 0.29) is 15.8 Å². The van der Waals surface area contributed by atoms with E-state index >= 15 is 0 Å². The molecule has 0 nitrogen and oxygen atoms in total. The van der Waals surface area contributed by atoms with Crippen LogP contribution >= 0.6 is 15.8 Å². The molecular weight excluding hydrogens is 542 g/mol. The predicted molar refractivity (Wildman–Crippen MR) is 196 cm³/mol. The molecule has 1 saturated heterocycles. The van der Waals surface area contributed by atoms with Gasteiger partial charge in [0.15, 0.2) is 0 Å². The van der Waals surface area contributed by atoms with Gasteiger partial charge >= 0.3 is 0 Å². The first-order chi connectivity index (χ1) is 20.9. The largest absolute Gasteiger partial charge is 0.0753 e. The van der Waals surface area contributed by atoms with E-state index in [0.717, 1.165) is 0 Å². The zero-order chi connectivity index (χ0) is 29.2. The van der Waals surface area contributed by atoms with Gasteiger partial charge in [-0.05, 0) is 60.9 Å². The van der Waals surface area contributed by atoms with Gasteiger partial charge in [-0.25, -0.2) is 0 Å². The molecular formula is C40H66P2. The van der Waals surface area contributed by atoms with Crippen molar-refractivity contribution in [2.75, 3.05) is 24.6 Å². The lowest BCUT2D eigenvalue weighted by Crippen LogP contribution is -2.06. The maximum atomic E-state index is 2.42. The Morgan fingerprint density at radius 3 is 0.643 bits per heavy atom. The van der Waals surface area contributed by atoms with Crippen LogP contribution in [0.4, 0.5) is 0 Å². The van der Waals surface area contributed by atoms with Crippen LogP contribution in [0.2, 0.25) is 0 Å². The predicted octanol–water partition coefficient (Wildman–Crippen LogP) is 13.0. The maximum Gasteiger partial charge on any atom is -0.0240 e. The third-order valence-electron chi connectivity index (χ3n) is 9.45. The summed E-state index contributed by atoms with van der Waals surface area (Å²) in [5.41, 5.74) is 0. The Balaban J connectivity index is 1.36. The summed E-state index contributed by atoms with van der Waals surface area (Å²) in [6, 6.07) is 23.1. The molecule has 0 atom stereocenters. The van der Waals surface area contributed by atoms with Gasteiger partial charge in [0.25, 0.3) is 0 Å². The normalized spacial score (nSPS) is 23.9. The lowest BCUT2D eigenvalue weighted by molar-refractivity contribution is 0.547. The molecule has 0 amide bonds. The standard InChI is InChI=1S/C40H66P2/c1-2-6-10-14-18-28-36-42(40-33-25-22-26-34-40)38-30-20-16-12-8-4-3-7-11-15-19-29-37-41(35-27-17-13-9-5-1)39-31-23-21-24-32-39/h21-26,31-34H,1-20,27-30,35-38H2. The second kappa shape index (κ2) is 25.6. The molecule has 1 aliphatic heterocycles. The van der Waals surface area contributed by atoms with Crippen molar-refractivity contribution in [2.45, 2.75) is 154 Å². The summed E-state index contributed by atoms with van der Waals surface area (Å²) in [5.74, 6) is 0. The molecule has 0 unspecified atom stereocenters. The SMILES string of the molecule is c1ccc(P2CCCCCCCCCCCCCCP(c3ccccc3)CCCCCCCCCCCCCC2)cc1. The van der Waals surface area contributed by atoms with Crippen molar-refractivity contribution in [2.24, 2.45) is 0 Å². The highest BCUT2D eigenvalue weighted by Crippen LogP contribution is 2.38. The van der Waals surface area contributed by atoms with Gasteiger partial charge in [-0.15, -0.1) is 0 Å². The Kier molecular flexibility index (Phi) is 21.8. The maximum absolute atomic E-state index is 2.42. The van der Waals surface area contributed by atoms with Gasteiger partial charge < -0.3 is 0 Å². The first kappa shape index (κ1) is 35.8. The first-order valence-corrected chi connectivity index (χ1v) is 22.0. The monoisotopic (exact) mass is 608 g/mol. The van der Waals surface area contributed by atoms with E-state index in [2.05, 4.69) is 60.7 Å². The lowest BCUT2D eigenvalue weighted by atomic mass is 10.1. The molecule has 2 heteroatoms. The molecule has 236 valence electrons. The first-order valence-electron chi connectivity index (χ1n) is 18.5. The summed E-state index contributed by atoms with van der Waals surface area (Å²) in [6.07, 6.45) is 40.9. The van der Waals surface area contributed by atoms with Gasteiger partial charge in [-0.2, -0.15) is 0 Å². The Labute approximate surface area is 265 Å². The molecule has 0 aromatic heterocycles. The van der Waals surface area contributed by atoms with Crippen molar-refractivity contribution in [3.8, 4) is 0 Å². The van der Waals surface area contributed by atoms with Crippen LogP contribution in [-0.4, -0.2) is 24.6 Å². The fraction of sp³-hybridized carbons (Fsp3) is 0.700. The van der Waals surface area contributed by atoms with Crippen LogP contribution in [0.1, 0.15) is 154 Å². The zero-order valence-electron chi connectivity index (χ0n) is 27.5. The zero-order valence-corrected chi connectivity index (χ0v) is 29.3. The van der Waals surface area contributed by atoms with E-state index < -0.39 is 0 Å². The smallest absolute Gasteiger partial charge is 0.0240 e. The molecule has 0 spiro atoms. The minimum atomic E-state index is 0.0577. The molecule has 0 aliphatic carbocycles. The second-order valence-electron chi connectivity index (χ2n) is 13.1. The van der Waals surface area contributed by atoms with Gasteiger partial charge in [-0.3, -0.25) is 0 Å². The topological polar surface area (TPSA) is 0 Å². The molecule has 0 N–H and O–H groups in total. The average molecular weight is 609 g/mol. The second-order valence-corrected chi connectivity index (χ2v) is 18.1. The van der Waals surface area contributed by atoms with Gasteiger partial charge in [-0.1, -0.05) is 205 Å². The summed E-state index contributed by atoms with van der Waals surface area (Å²) in [4.78, 5) is 0. The molecule has 2 aromatic rings. The Bertz CT molecular complexity index is 732. The number of hydrogen-bond acceptors (Lipinski definition) is 0. The van der Waals surface area contributed by atoms with E-state index in [1.807, 2.05) is 0 Å². The van der Waals surface area contributed by atoms with Crippen molar-refractivity contribution < 1.29 is 0 Å². The molecule has 2 aromatic carbocycles. The quantitative estimate of drug-likeness (QED) is 0.298. The Hall–Kier alpha value is -0.700. The van der Waals surface area contributed by atoms with Crippen molar-refractivity contribution >= 4 is 26.5 Å². The van der Waals surface area contributed by atoms with Crippen molar-refractivity contribution in [3.05, 3.63) is 60.7 Å².